The van der Waals surface area contributed by atoms with Gasteiger partial charge in [-0.2, -0.15) is 0 Å². The molecule has 0 amide bonds. The van der Waals surface area contributed by atoms with Crippen LogP contribution in [0.2, 0.25) is 0 Å². The molecule has 142 valence electrons. The maximum absolute atomic E-state index is 5.35. The van der Waals surface area contributed by atoms with E-state index in [9.17, 15) is 0 Å². The number of hydrogen-bond acceptors (Lipinski definition) is 5. The lowest BCUT2D eigenvalue weighted by Crippen LogP contribution is -2.36. The van der Waals surface area contributed by atoms with Gasteiger partial charge in [0.25, 0.3) is 0 Å². The highest BCUT2D eigenvalue weighted by molar-refractivity contribution is 5.79. The molecule has 0 atom stereocenters. The van der Waals surface area contributed by atoms with E-state index < -0.39 is 0 Å². The first-order valence-corrected chi connectivity index (χ1v) is 9.06. The van der Waals surface area contributed by atoms with Crippen LogP contribution in [0.3, 0.4) is 0 Å². The minimum atomic E-state index is 0.349. The van der Waals surface area contributed by atoms with E-state index in [0.29, 0.717) is 19.0 Å². The Bertz CT molecular complexity index is 851. The number of nitrogens with one attached hydrogen (secondary N) is 2. The van der Waals surface area contributed by atoms with Crippen LogP contribution >= 0.6 is 0 Å². The van der Waals surface area contributed by atoms with Gasteiger partial charge in [0, 0.05) is 31.2 Å². The van der Waals surface area contributed by atoms with Crippen LogP contribution in [-0.2, 0) is 13.1 Å². The minimum absolute atomic E-state index is 0.349. The largest absolute Gasteiger partial charge is 0.359 e. The summed E-state index contributed by atoms with van der Waals surface area (Å²) in [4.78, 5) is 13.1. The first kappa shape index (κ1) is 18.6. The number of pyridine rings is 1. The second-order valence-electron chi connectivity index (χ2n) is 6.42. The van der Waals surface area contributed by atoms with Crippen molar-refractivity contribution in [3.05, 3.63) is 60.1 Å². The van der Waals surface area contributed by atoms with Crippen molar-refractivity contribution in [1.29, 1.82) is 0 Å². The summed E-state index contributed by atoms with van der Waals surface area (Å²) in [5, 5.41) is 10.6. The van der Waals surface area contributed by atoms with Gasteiger partial charge >= 0.3 is 0 Å². The van der Waals surface area contributed by atoms with Gasteiger partial charge in [0.2, 0.25) is 0 Å². The molecule has 0 aliphatic carbocycles. The van der Waals surface area contributed by atoms with Crippen molar-refractivity contribution in [2.24, 2.45) is 4.99 Å². The fourth-order valence-corrected chi connectivity index (χ4v) is 2.42. The van der Waals surface area contributed by atoms with Crippen LogP contribution in [0.1, 0.15) is 43.7 Å². The predicted octanol–water partition coefficient (Wildman–Crippen LogP) is 2.63. The monoisotopic (exact) mass is 367 g/mol. The second kappa shape index (κ2) is 8.98. The lowest BCUT2D eigenvalue weighted by molar-refractivity contribution is 0.372. The van der Waals surface area contributed by atoms with Gasteiger partial charge < -0.3 is 15.2 Å². The fraction of sp³-hybridized carbons (Fsp3) is 0.368. The third-order valence-electron chi connectivity index (χ3n) is 3.94. The van der Waals surface area contributed by atoms with Crippen molar-refractivity contribution < 1.29 is 4.52 Å². The van der Waals surface area contributed by atoms with Crippen LogP contribution in [0.5, 0.6) is 0 Å². The lowest BCUT2D eigenvalue weighted by Gasteiger charge is -2.10. The number of aromatic nitrogens is 4. The van der Waals surface area contributed by atoms with Crippen molar-refractivity contribution in [2.45, 2.75) is 39.8 Å². The molecule has 0 saturated heterocycles. The summed E-state index contributed by atoms with van der Waals surface area (Å²) in [6.45, 7) is 8.05. The summed E-state index contributed by atoms with van der Waals surface area (Å²) in [7, 11) is 0. The van der Waals surface area contributed by atoms with Crippen LogP contribution in [0, 0.1) is 0 Å². The first-order chi connectivity index (χ1) is 13.2. The average Bonchev–Trinajstić information content (AvgIpc) is 3.36. The molecule has 0 unspecified atom stereocenters. The topological polar surface area (TPSA) is 93.2 Å². The Morgan fingerprint density at radius 3 is 2.81 bits per heavy atom. The van der Waals surface area contributed by atoms with Crippen LogP contribution in [0.15, 0.2) is 52.6 Å². The third kappa shape index (κ3) is 5.16. The van der Waals surface area contributed by atoms with E-state index >= 15 is 0 Å². The Morgan fingerprint density at radius 1 is 1.30 bits per heavy atom. The van der Waals surface area contributed by atoms with Crippen molar-refractivity contribution in [2.75, 3.05) is 6.54 Å². The van der Waals surface area contributed by atoms with E-state index in [4.69, 9.17) is 4.52 Å². The molecule has 27 heavy (non-hydrogen) atoms. The molecule has 0 aromatic carbocycles. The smallest absolute Gasteiger partial charge is 0.191 e. The Labute approximate surface area is 158 Å². The SMILES string of the molecule is CCNC(=NCc1ccc(-n2ccnc2)nc1)NCc1cc(C(C)C)no1. The predicted molar refractivity (Wildman–Crippen MR) is 104 cm³/mol. The quantitative estimate of drug-likeness (QED) is 0.493. The number of rotatable bonds is 7. The normalized spacial score (nSPS) is 11.8. The van der Waals surface area contributed by atoms with E-state index in [1.807, 2.05) is 42.1 Å². The first-order valence-electron chi connectivity index (χ1n) is 9.06. The van der Waals surface area contributed by atoms with Crippen molar-refractivity contribution in [3.63, 3.8) is 0 Å². The van der Waals surface area contributed by atoms with Gasteiger partial charge in [-0.05, 0) is 24.5 Å². The molecule has 0 aliphatic rings. The molecular formula is C19H25N7O. The van der Waals surface area contributed by atoms with Crippen LogP contribution in [0.4, 0.5) is 0 Å². The summed E-state index contributed by atoms with van der Waals surface area (Å²) in [6, 6.07) is 5.94. The van der Waals surface area contributed by atoms with Gasteiger partial charge in [-0.15, -0.1) is 0 Å². The average molecular weight is 367 g/mol. The van der Waals surface area contributed by atoms with E-state index in [0.717, 1.165) is 35.3 Å². The standard InChI is InChI=1S/C19H25N7O/c1-4-21-19(24-12-16-9-17(14(2)3)25-27-16)23-11-15-5-6-18(22-10-15)26-8-7-20-13-26/h5-10,13-14H,4,11-12H2,1-3H3,(H2,21,23,24). The molecule has 3 aromatic rings. The molecule has 0 spiro atoms. The molecule has 0 radical (unpaired) electrons. The number of aliphatic imine (C=N–C) groups is 1. The molecule has 3 aromatic heterocycles. The highest BCUT2D eigenvalue weighted by Gasteiger charge is 2.08. The Kier molecular flexibility index (Phi) is 6.19. The van der Waals surface area contributed by atoms with E-state index in [1.165, 1.54) is 0 Å². The molecule has 8 heteroatoms. The Balaban J connectivity index is 1.59. The van der Waals surface area contributed by atoms with Gasteiger partial charge in [0.05, 0.1) is 18.8 Å². The highest BCUT2D eigenvalue weighted by atomic mass is 16.5. The molecule has 0 aliphatic heterocycles. The van der Waals surface area contributed by atoms with Crippen molar-refractivity contribution in [1.82, 2.24) is 30.3 Å². The minimum Gasteiger partial charge on any atom is -0.359 e. The summed E-state index contributed by atoms with van der Waals surface area (Å²) in [5.41, 5.74) is 1.98. The molecule has 8 nitrogen and oxygen atoms in total. The Hall–Kier alpha value is -3.16. The zero-order chi connectivity index (χ0) is 19.1. The van der Waals surface area contributed by atoms with Crippen LogP contribution < -0.4 is 10.6 Å². The second-order valence-corrected chi connectivity index (χ2v) is 6.42. The zero-order valence-electron chi connectivity index (χ0n) is 15.9. The van der Waals surface area contributed by atoms with Gasteiger partial charge in [-0.1, -0.05) is 25.1 Å². The lowest BCUT2D eigenvalue weighted by atomic mass is 10.1. The van der Waals surface area contributed by atoms with Crippen LogP contribution in [-0.4, -0.2) is 32.2 Å². The van der Waals surface area contributed by atoms with E-state index in [-0.39, 0.29) is 0 Å². The zero-order valence-corrected chi connectivity index (χ0v) is 15.9. The fourth-order valence-electron chi connectivity index (χ4n) is 2.42. The van der Waals surface area contributed by atoms with E-state index in [1.54, 1.807) is 12.5 Å². The molecule has 2 N–H and O–H groups in total. The highest BCUT2D eigenvalue weighted by Crippen LogP contribution is 2.13. The summed E-state index contributed by atoms with van der Waals surface area (Å²) in [5.74, 6) is 2.69. The molecule has 3 heterocycles. The molecule has 0 fully saturated rings. The summed E-state index contributed by atoms with van der Waals surface area (Å²) < 4.78 is 7.22. The van der Waals surface area contributed by atoms with E-state index in [2.05, 4.69) is 44.6 Å². The number of hydrogen-bond donors (Lipinski definition) is 2. The van der Waals surface area contributed by atoms with Gasteiger partial charge in [-0.3, -0.25) is 4.57 Å². The maximum atomic E-state index is 5.35. The van der Waals surface area contributed by atoms with Crippen molar-refractivity contribution in [3.8, 4) is 5.82 Å². The molecule has 3 rings (SSSR count). The third-order valence-corrected chi connectivity index (χ3v) is 3.94. The number of guanidine groups is 1. The van der Waals surface area contributed by atoms with Crippen molar-refractivity contribution >= 4 is 5.96 Å². The molecular weight excluding hydrogens is 342 g/mol. The van der Waals surface area contributed by atoms with Gasteiger partial charge in [0.1, 0.15) is 12.1 Å². The van der Waals surface area contributed by atoms with Gasteiger partial charge in [0.15, 0.2) is 11.7 Å². The molecule has 0 saturated carbocycles. The summed E-state index contributed by atoms with van der Waals surface area (Å²) >= 11 is 0. The number of nitrogens with zero attached hydrogens (tertiary/aromatic N) is 5. The molecule has 0 bridgehead atoms. The van der Waals surface area contributed by atoms with Crippen LogP contribution in [0.25, 0.3) is 5.82 Å². The Morgan fingerprint density at radius 2 is 2.19 bits per heavy atom. The summed E-state index contributed by atoms with van der Waals surface area (Å²) in [6.07, 6.45) is 7.14. The maximum Gasteiger partial charge on any atom is 0.191 e. The van der Waals surface area contributed by atoms with Gasteiger partial charge in [-0.25, -0.2) is 15.0 Å². The number of imidazole rings is 1.